The van der Waals surface area contributed by atoms with Gasteiger partial charge in [-0.25, -0.2) is 4.39 Å². The van der Waals surface area contributed by atoms with Crippen LogP contribution in [0.5, 0.6) is 0 Å². The highest BCUT2D eigenvalue weighted by Gasteiger charge is 2.29. The predicted molar refractivity (Wildman–Crippen MR) is 91.1 cm³/mol. The first-order valence-corrected chi connectivity index (χ1v) is 9.02. The zero-order valence-corrected chi connectivity index (χ0v) is 14.3. The van der Waals surface area contributed by atoms with Gasteiger partial charge in [-0.1, -0.05) is 31.9 Å². The number of rotatable bonds is 4. The summed E-state index contributed by atoms with van der Waals surface area (Å²) in [4.78, 5) is 14.5. The molecule has 1 N–H and O–H groups in total. The zero-order valence-electron chi connectivity index (χ0n) is 14.3. The average Bonchev–Trinajstić information content (AvgIpc) is 2.61. The highest BCUT2D eigenvalue weighted by atomic mass is 19.1. The lowest BCUT2D eigenvalue weighted by Crippen LogP contribution is -2.50. The third-order valence-electron chi connectivity index (χ3n) is 5.25. The van der Waals surface area contributed by atoms with Crippen LogP contribution in [0.3, 0.4) is 0 Å². The van der Waals surface area contributed by atoms with Gasteiger partial charge >= 0.3 is 0 Å². The number of hydrogen-bond acceptors (Lipinski definition) is 3. The molecule has 3 rings (SSSR count). The van der Waals surface area contributed by atoms with Crippen molar-refractivity contribution in [3.05, 3.63) is 35.6 Å². The number of carbonyl (C=O) groups excluding carboxylic acids is 1. The maximum Gasteiger partial charge on any atom is 0.249 e. The Kier molecular flexibility index (Phi) is 5.85. The topological polar surface area (TPSA) is 41.6 Å². The van der Waals surface area contributed by atoms with E-state index < -0.39 is 0 Å². The summed E-state index contributed by atoms with van der Waals surface area (Å²) < 4.78 is 19.5. The molecule has 3 atom stereocenters. The van der Waals surface area contributed by atoms with E-state index in [9.17, 15) is 9.18 Å². The zero-order chi connectivity index (χ0) is 16.9. The number of nitrogens with zero attached hydrogens (tertiary/aromatic N) is 1. The Morgan fingerprint density at radius 1 is 1.38 bits per heavy atom. The van der Waals surface area contributed by atoms with Crippen LogP contribution in [-0.2, 0) is 9.53 Å². The summed E-state index contributed by atoms with van der Waals surface area (Å²) in [6.45, 7) is 4.37. The van der Waals surface area contributed by atoms with Gasteiger partial charge in [-0.15, -0.1) is 0 Å². The molecule has 2 fully saturated rings. The Bertz CT molecular complexity index is 566. The second-order valence-electron chi connectivity index (χ2n) is 6.97. The van der Waals surface area contributed by atoms with E-state index in [1.165, 1.54) is 31.4 Å². The van der Waals surface area contributed by atoms with Crippen LogP contribution >= 0.6 is 0 Å². The summed E-state index contributed by atoms with van der Waals surface area (Å²) in [5, 5.41) is 3.29. The number of halogens is 1. The van der Waals surface area contributed by atoms with Crippen molar-refractivity contribution in [3.8, 4) is 0 Å². The third-order valence-corrected chi connectivity index (χ3v) is 5.25. The van der Waals surface area contributed by atoms with E-state index >= 15 is 0 Å². The lowest BCUT2D eigenvalue weighted by atomic mass is 9.88. The van der Waals surface area contributed by atoms with Crippen LogP contribution < -0.4 is 5.32 Å². The minimum absolute atomic E-state index is 0.00327. The van der Waals surface area contributed by atoms with Crippen molar-refractivity contribution in [2.24, 2.45) is 5.92 Å². The largest absolute Gasteiger partial charge is 0.368 e. The second-order valence-corrected chi connectivity index (χ2v) is 6.97. The molecule has 1 aliphatic heterocycles. The molecule has 0 aromatic heterocycles. The number of ether oxygens (including phenoxy) is 1. The molecule has 24 heavy (non-hydrogen) atoms. The lowest BCUT2D eigenvalue weighted by molar-refractivity contribution is -0.143. The minimum Gasteiger partial charge on any atom is -0.368 e. The first-order valence-electron chi connectivity index (χ1n) is 9.02. The first kappa shape index (κ1) is 17.4. The van der Waals surface area contributed by atoms with Crippen LogP contribution in [0, 0.1) is 11.7 Å². The molecule has 1 heterocycles. The van der Waals surface area contributed by atoms with E-state index in [0.717, 1.165) is 18.5 Å². The summed E-state index contributed by atoms with van der Waals surface area (Å²) in [5.74, 6) is 0.259. The van der Waals surface area contributed by atoms with Crippen molar-refractivity contribution in [1.82, 2.24) is 10.2 Å². The summed E-state index contributed by atoms with van der Waals surface area (Å²) in [6, 6.07) is 6.39. The molecule has 1 aliphatic carbocycles. The molecule has 0 radical (unpaired) electrons. The molecule has 1 saturated carbocycles. The van der Waals surface area contributed by atoms with Gasteiger partial charge in [-0.05, 0) is 36.5 Å². The molecule has 0 spiro atoms. The van der Waals surface area contributed by atoms with Gasteiger partial charge in [0.25, 0.3) is 0 Å². The second kappa shape index (κ2) is 8.08. The maximum atomic E-state index is 13.5. The van der Waals surface area contributed by atoms with E-state index in [1.807, 2.05) is 11.0 Å². The predicted octanol–water partition coefficient (Wildman–Crippen LogP) is 2.89. The molecule has 1 saturated heterocycles. The fourth-order valence-corrected chi connectivity index (χ4v) is 3.81. The Hall–Kier alpha value is -1.46. The Morgan fingerprint density at radius 3 is 3.00 bits per heavy atom. The van der Waals surface area contributed by atoms with E-state index in [4.69, 9.17) is 4.74 Å². The van der Waals surface area contributed by atoms with Gasteiger partial charge in [0.2, 0.25) is 5.91 Å². The maximum absolute atomic E-state index is 13.5. The number of benzene rings is 1. The Balaban J connectivity index is 1.63. The number of carbonyl (C=O) groups is 1. The van der Waals surface area contributed by atoms with Crippen LogP contribution in [0.15, 0.2) is 24.3 Å². The molecular weight excluding hydrogens is 307 g/mol. The number of piperazine rings is 1. The summed E-state index contributed by atoms with van der Waals surface area (Å²) in [7, 11) is 0. The molecule has 4 nitrogen and oxygen atoms in total. The van der Waals surface area contributed by atoms with Gasteiger partial charge in [0.1, 0.15) is 12.4 Å². The van der Waals surface area contributed by atoms with Gasteiger partial charge < -0.3 is 15.0 Å². The van der Waals surface area contributed by atoms with E-state index in [0.29, 0.717) is 19.0 Å². The Morgan fingerprint density at radius 2 is 2.21 bits per heavy atom. The van der Waals surface area contributed by atoms with Crippen molar-refractivity contribution in [3.63, 3.8) is 0 Å². The number of amides is 1. The van der Waals surface area contributed by atoms with Gasteiger partial charge in [0, 0.05) is 19.6 Å². The summed E-state index contributed by atoms with van der Waals surface area (Å²) >= 11 is 0. The van der Waals surface area contributed by atoms with Crippen molar-refractivity contribution in [2.45, 2.75) is 44.8 Å². The Labute approximate surface area is 143 Å². The van der Waals surface area contributed by atoms with Crippen molar-refractivity contribution >= 4 is 5.91 Å². The summed E-state index contributed by atoms with van der Waals surface area (Å²) in [6.07, 6.45) is 4.86. The molecule has 2 aliphatic rings. The van der Waals surface area contributed by atoms with E-state index in [2.05, 4.69) is 12.2 Å². The molecule has 5 heteroatoms. The van der Waals surface area contributed by atoms with E-state index in [-0.39, 0.29) is 30.5 Å². The van der Waals surface area contributed by atoms with Crippen molar-refractivity contribution in [2.75, 3.05) is 26.2 Å². The van der Waals surface area contributed by atoms with Gasteiger partial charge in [0.15, 0.2) is 0 Å². The molecular formula is C19H27FN2O2. The molecule has 0 bridgehead atoms. The van der Waals surface area contributed by atoms with E-state index in [1.54, 1.807) is 6.07 Å². The van der Waals surface area contributed by atoms with Crippen molar-refractivity contribution in [1.29, 1.82) is 0 Å². The molecule has 1 amide bonds. The average molecular weight is 334 g/mol. The van der Waals surface area contributed by atoms with Crippen molar-refractivity contribution < 1.29 is 13.9 Å². The highest BCUT2D eigenvalue weighted by molar-refractivity contribution is 5.78. The van der Waals surface area contributed by atoms with Crippen LogP contribution in [-0.4, -0.2) is 43.2 Å². The van der Waals surface area contributed by atoms with Gasteiger partial charge in [0.05, 0.1) is 12.1 Å². The highest BCUT2D eigenvalue weighted by Crippen LogP contribution is 2.27. The van der Waals surface area contributed by atoms with Crippen LogP contribution in [0.2, 0.25) is 0 Å². The lowest BCUT2D eigenvalue weighted by Gasteiger charge is -2.37. The fourth-order valence-electron chi connectivity index (χ4n) is 3.81. The van der Waals surface area contributed by atoms with Gasteiger partial charge in [-0.2, -0.15) is 0 Å². The quantitative estimate of drug-likeness (QED) is 0.920. The fraction of sp³-hybridized carbons (Fsp3) is 0.632. The first-order chi connectivity index (χ1) is 11.6. The molecule has 132 valence electrons. The van der Waals surface area contributed by atoms with Crippen LogP contribution in [0.1, 0.15) is 44.2 Å². The smallest absolute Gasteiger partial charge is 0.249 e. The molecule has 3 unspecified atom stereocenters. The number of hydrogen-bond donors (Lipinski definition) is 1. The van der Waals surface area contributed by atoms with Crippen LogP contribution in [0.25, 0.3) is 0 Å². The minimum atomic E-state index is -0.266. The number of nitrogens with one attached hydrogen (secondary N) is 1. The monoisotopic (exact) mass is 334 g/mol. The third kappa shape index (κ3) is 4.14. The standard InChI is InChI=1S/C19H27FN2O2/c1-14-5-2-3-8-18(14)24-13-19(23)22-10-9-21-12-17(22)15-6-4-7-16(20)11-15/h4,6-7,11,14,17-18,21H,2-3,5,8-10,12-13H2,1H3. The normalized spacial score (nSPS) is 27.9. The SMILES string of the molecule is CC1CCCCC1OCC(=O)N1CCNCC1c1cccc(F)c1. The summed E-state index contributed by atoms with van der Waals surface area (Å²) in [5.41, 5.74) is 0.835. The van der Waals surface area contributed by atoms with Crippen LogP contribution in [0.4, 0.5) is 4.39 Å². The molecule has 1 aromatic rings. The molecule has 1 aromatic carbocycles. The van der Waals surface area contributed by atoms with Gasteiger partial charge in [-0.3, -0.25) is 4.79 Å².